The van der Waals surface area contributed by atoms with E-state index in [1.807, 2.05) is 37.3 Å². The monoisotopic (exact) mass is 260 g/mol. The summed E-state index contributed by atoms with van der Waals surface area (Å²) < 4.78 is 0. The molecule has 1 aliphatic carbocycles. The first-order valence-corrected chi connectivity index (χ1v) is 6.96. The van der Waals surface area contributed by atoms with Crippen LogP contribution in [0, 0.1) is 6.92 Å². The predicted molar refractivity (Wildman–Crippen MR) is 76.0 cm³/mol. The van der Waals surface area contributed by atoms with Crippen molar-refractivity contribution < 1.29 is 0 Å². The highest BCUT2D eigenvalue weighted by molar-refractivity contribution is 7.19. The van der Waals surface area contributed by atoms with Gasteiger partial charge in [0.25, 0.3) is 0 Å². The van der Waals surface area contributed by atoms with Gasteiger partial charge in [-0.1, -0.05) is 0 Å². The van der Waals surface area contributed by atoms with Gasteiger partial charge in [-0.2, -0.15) is 0 Å². The molecule has 0 aliphatic heterocycles. The van der Waals surface area contributed by atoms with Gasteiger partial charge < -0.3 is 4.90 Å². The van der Waals surface area contributed by atoms with Crippen LogP contribution in [-0.4, -0.2) is 35.3 Å². The molecule has 0 bridgehead atoms. The van der Waals surface area contributed by atoms with E-state index in [1.165, 1.54) is 28.7 Å². The van der Waals surface area contributed by atoms with Crippen LogP contribution in [0.25, 0.3) is 10.2 Å². The fraction of sp³-hybridized carbons (Fsp3) is 0.462. The summed E-state index contributed by atoms with van der Waals surface area (Å²) in [5, 5.41) is 1.18. The van der Waals surface area contributed by atoms with Crippen molar-refractivity contribution in [2.75, 3.05) is 14.1 Å². The van der Waals surface area contributed by atoms with Crippen LogP contribution in [0.4, 0.5) is 5.82 Å². The molecule has 18 heavy (non-hydrogen) atoms. The quantitative estimate of drug-likeness (QED) is 0.616. The van der Waals surface area contributed by atoms with Gasteiger partial charge in [0.1, 0.15) is 10.7 Å². The molecule has 2 aromatic rings. The summed E-state index contributed by atoms with van der Waals surface area (Å²) in [5.41, 5.74) is 1.43. The minimum absolute atomic E-state index is 0.799. The molecule has 2 aromatic heterocycles. The van der Waals surface area contributed by atoms with Gasteiger partial charge in [-0.25, -0.2) is 15.0 Å². The second-order valence-corrected chi connectivity index (χ2v) is 5.92. The number of thiophene rings is 1. The topological polar surface area (TPSA) is 41.4 Å². The molecule has 1 aliphatic rings. The molecule has 94 valence electrons. The summed E-state index contributed by atoms with van der Waals surface area (Å²) in [4.78, 5) is 18.0. The molecule has 0 amide bonds. The van der Waals surface area contributed by atoms with Gasteiger partial charge in [0, 0.05) is 19.0 Å². The number of aliphatic imine (C=N–C) groups is 1. The van der Waals surface area contributed by atoms with Gasteiger partial charge >= 0.3 is 0 Å². The van der Waals surface area contributed by atoms with Crippen molar-refractivity contribution in [3.8, 4) is 0 Å². The van der Waals surface area contributed by atoms with Crippen molar-refractivity contribution in [3.05, 3.63) is 16.3 Å². The summed E-state index contributed by atoms with van der Waals surface area (Å²) >= 11 is 1.81. The lowest BCUT2D eigenvalue weighted by Gasteiger charge is -2.04. The highest BCUT2D eigenvalue weighted by Gasteiger charge is 2.21. The number of hydrogen-bond donors (Lipinski definition) is 0. The lowest BCUT2D eigenvalue weighted by molar-refractivity contribution is 0.643. The highest BCUT2D eigenvalue weighted by Crippen LogP contribution is 2.40. The number of rotatable bonds is 2. The fourth-order valence-corrected chi connectivity index (χ4v) is 3.65. The number of aryl methyl sites for hydroxylation is 3. The second-order valence-electron chi connectivity index (χ2n) is 4.84. The smallest absolute Gasteiger partial charge is 0.166 e. The van der Waals surface area contributed by atoms with Crippen LogP contribution in [0.15, 0.2) is 4.99 Å². The van der Waals surface area contributed by atoms with Gasteiger partial charge in [-0.3, -0.25) is 0 Å². The Morgan fingerprint density at radius 1 is 1.28 bits per heavy atom. The van der Waals surface area contributed by atoms with Gasteiger partial charge in [-0.15, -0.1) is 11.3 Å². The minimum Gasteiger partial charge on any atom is -0.369 e. The van der Waals surface area contributed by atoms with Gasteiger partial charge in [0.05, 0.1) is 11.7 Å². The third-order valence-corrected chi connectivity index (χ3v) is 4.25. The Morgan fingerprint density at radius 2 is 2.11 bits per heavy atom. The third-order valence-electron chi connectivity index (χ3n) is 3.07. The van der Waals surface area contributed by atoms with Crippen molar-refractivity contribution in [2.24, 2.45) is 4.99 Å². The Labute approximate surface area is 110 Å². The Balaban J connectivity index is 2.22. The molecule has 0 radical (unpaired) electrons. The van der Waals surface area contributed by atoms with E-state index in [0.29, 0.717) is 0 Å². The number of nitrogens with zero attached hydrogens (tertiary/aromatic N) is 4. The average Bonchev–Trinajstić information content (AvgIpc) is 2.84. The third kappa shape index (κ3) is 1.88. The largest absolute Gasteiger partial charge is 0.369 e. The molecule has 0 fully saturated rings. The van der Waals surface area contributed by atoms with E-state index < -0.39 is 0 Å². The van der Waals surface area contributed by atoms with Gasteiger partial charge in [-0.05, 0) is 31.7 Å². The Morgan fingerprint density at radius 3 is 2.89 bits per heavy atom. The molecule has 0 spiro atoms. The lowest BCUT2D eigenvalue weighted by Crippen LogP contribution is -2.07. The summed E-state index contributed by atoms with van der Waals surface area (Å²) in [6.07, 6.45) is 5.39. The molecule has 0 N–H and O–H groups in total. The summed E-state index contributed by atoms with van der Waals surface area (Å²) in [6.45, 7) is 1.93. The molecule has 2 heterocycles. The molecule has 3 rings (SSSR count). The molecule has 0 saturated carbocycles. The highest BCUT2D eigenvalue weighted by atomic mass is 32.1. The molecular weight excluding hydrogens is 244 g/mol. The van der Waals surface area contributed by atoms with E-state index in [1.54, 1.807) is 6.34 Å². The maximum Gasteiger partial charge on any atom is 0.166 e. The summed E-state index contributed by atoms with van der Waals surface area (Å²) in [5.74, 6) is 1.62. The Hall–Kier alpha value is -1.49. The van der Waals surface area contributed by atoms with Gasteiger partial charge in [0.15, 0.2) is 5.82 Å². The SMILES string of the molecule is Cc1nc(N=CN(C)C)c2c3c(sc2n1)CCC3. The van der Waals surface area contributed by atoms with E-state index in [2.05, 4.69) is 15.0 Å². The molecule has 4 nitrogen and oxygen atoms in total. The Bertz CT molecular complexity index is 627. The molecule has 5 heteroatoms. The van der Waals surface area contributed by atoms with Crippen LogP contribution in [0.2, 0.25) is 0 Å². The zero-order valence-electron chi connectivity index (χ0n) is 10.9. The first-order valence-electron chi connectivity index (χ1n) is 6.14. The summed E-state index contributed by atoms with van der Waals surface area (Å²) in [6, 6.07) is 0. The van der Waals surface area contributed by atoms with Crippen LogP contribution >= 0.6 is 11.3 Å². The molecule has 0 saturated heterocycles. The lowest BCUT2D eigenvalue weighted by atomic mass is 10.2. The zero-order valence-corrected chi connectivity index (χ0v) is 11.7. The normalized spacial score (nSPS) is 14.6. The van der Waals surface area contributed by atoms with E-state index in [9.17, 15) is 0 Å². The van der Waals surface area contributed by atoms with Crippen LogP contribution in [-0.2, 0) is 12.8 Å². The maximum atomic E-state index is 4.55. The maximum absolute atomic E-state index is 4.55. The van der Waals surface area contributed by atoms with Crippen LogP contribution < -0.4 is 0 Å². The van der Waals surface area contributed by atoms with Crippen molar-refractivity contribution >= 4 is 33.7 Å². The van der Waals surface area contributed by atoms with E-state index >= 15 is 0 Å². The number of fused-ring (bicyclic) bond motifs is 3. The average molecular weight is 260 g/mol. The van der Waals surface area contributed by atoms with Crippen molar-refractivity contribution in [1.29, 1.82) is 0 Å². The first-order chi connectivity index (χ1) is 8.65. The van der Waals surface area contributed by atoms with Crippen LogP contribution in [0.1, 0.15) is 22.7 Å². The molecule has 0 unspecified atom stereocenters. The Kier molecular flexibility index (Phi) is 2.78. The standard InChI is InChI=1S/C13H16N4S/c1-8-15-12(14-7-17(2)3)11-9-5-4-6-10(9)18-13(11)16-8/h7H,4-6H2,1-3H3. The van der Waals surface area contributed by atoms with Crippen molar-refractivity contribution in [2.45, 2.75) is 26.2 Å². The minimum atomic E-state index is 0.799. The van der Waals surface area contributed by atoms with Crippen molar-refractivity contribution in [3.63, 3.8) is 0 Å². The predicted octanol–water partition coefficient (Wildman–Crippen LogP) is 2.71. The van der Waals surface area contributed by atoms with Crippen LogP contribution in [0.5, 0.6) is 0 Å². The zero-order chi connectivity index (χ0) is 12.7. The number of aromatic nitrogens is 2. The summed E-state index contributed by atoms with van der Waals surface area (Å²) in [7, 11) is 3.93. The van der Waals surface area contributed by atoms with E-state index in [4.69, 9.17) is 0 Å². The van der Waals surface area contributed by atoms with E-state index in [-0.39, 0.29) is 0 Å². The first kappa shape index (κ1) is 11.6. The van der Waals surface area contributed by atoms with Crippen LogP contribution in [0.3, 0.4) is 0 Å². The molecule has 0 aromatic carbocycles. The molecular formula is C13H16N4S. The van der Waals surface area contributed by atoms with Gasteiger partial charge in [0.2, 0.25) is 0 Å². The fourth-order valence-electron chi connectivity index (χ4n) is 2.34. The van der Waals surface area contributed by atoms with E-state index in [0.717, 1.165) is 22.9 Å². The molecule has 0 atom stereocenters. The van der Waals surface area contributed by atoms with Crippen molar-refractivity contribution in [1.82, 2.24) is 14.9 Å². The second kappa shape index (κ2) is 4.31. The number of hydrogen-bond acceptors (Lipinski definition) is 4.